The summed E-state index contributed by atoms with van der Waals surface area (Å²) in [5.74, 6) is 0.689. The summed E-state index contributed by atoms with van der Waals surface area (Å²) in [5.41, 5.74) is -0.0335. The van der Waals surface area contributed by atoms with E-state index < -0.39 is 0 Å². The van der Waals surface area contributed by atoms with Crippen molar-refractivity contribution in [2.24, 2.45) is 0 Å². The molecule has 0 aromatic carbocycles. The summed E-state index contributed by atoms with van der Waals surface area (Å²) in [6, 6.07) is 1.44. The minimum atomic E-state index is -0.0335. The van der Waals surface area contributed by atoms with Crippen LogP contribution in [0.5, 0.6) is 0 Å². The van der Waals surface area contributed by atoms with Gasteiger partial charge in [-0.25, -0.2) is 4.98 Å². The quantitative estimate of drug-likeness (QED) is 0.552. The Morgan fingerprint density at radius 2 is 2.42 bits per heavy atom. The van der Waals surface area contributed by atoms with E-state index in [1.165, 1.54) is 23.2 Å². The zero-order chi connectivity index (χ0) is 8.81. The van der Waals surface area contributed by atoms with Gasteiger partial charge in [-0.05, 0) is 0 Å². The molecule has 0 aliphatic rings. The SMILES string of the molecule is O=c1ccncn1C/C=C/CS. The lowest BCUT2D eigenvalue weighted by Gasteiger charge is -1.97. The summed E-state index contributed by atoms with van der Waals surface area (Å²) < 4.78 is 1.53. The van der Waals surface area contributed by atoms with Crippen molar-refractivity contribution in [1.29, 1.82) is 0 Å². The first-order chi connectivity index (χ1) is 5.84. The highest BCUT2D eigenvalue weighted by Crippen LogP contribution is 1.82. The average Bonchev–Trinajstić information content (AvgIpc) is 2.09. The van der Waals surface area contributed by atoms with E-state index in [1.807, 2.05) is 12.2 Å². The van der Waals surface area contributed by atoms with Crippen molar-refractivity contribution in [2.45, 2.75) is 6.54 Å². The van der Waals surface area contributed by atoms with Crippen LogP contribution in [0.4, 0.5) is 0 Å². The molecule has 0 unspecified atom stereocenters. The van der Waals surface area contributed by atoms with Gasteiger partial charge < -0.3 is 0 Å². The van der Waals surface area contributed by atoms with Gasteiger partial charge >= 0.3 is 0 Å². The van der Waals surface area contributed by atoms with Crippen LogP contribution in [0, 0.1) is 0 Å². The molecule has 0 atom stereocenters. The van der Waals surface area contributed by atoms with Gasteiger partial charge in [0.15, 0.2) is 0 Å². The van der Waals surface area contributed by atoms with Crippen molar-refractivity contribution in [3.05, 3.63) is 41.1 Å². The summed E-state index contributed by atoms with van der Waals surface area (Å²) in [4.78, 5) is 14.9. The maximum atomic E-state index is 11.1. The van der Waals surface area contributed by atoms with Gasteiger partial charge in [0.1, 0.15) is 0 Å². The summed E-state index contributed by atoms with van der Waals surface area (Å²) in [5, 5.41) is 0. The molecule has 1 aromatic rings. The third-order valence-corrected chi connectivity index (χ3v) is 1.58. The summed E-state index contributed by atoms with van der Waals surface area (Å²) in [6.07, 6.45) is 6.78. The van der Waals surface area contributed by atoms with E-state index >= 15 is 0 Å². The van der Waals surface area contributed by atoms with Gasteiger partial charge in [0.25, 0.3) is 5.56 Å². The Labute approximate surface area is 76.2 Å². The molecule has 0 bridgehead atoms. The third kappa shape index (κ3) is 2.54. The first-order valence-corrected chi connectivity index (χ1v) is 4.24. The molecule has 0 saturated carbocycles. The van der Waals surface area contributed by atoms with Crippen molar-refractivity contribution < 1.29 is 0 Å². The van der Waals surface area contributed by atoms with Crippen molar-refractivity contribution in [3.8, 4) is 0 Å². The minimum absolute atomic E-state index is 0.0335. The van der Waals surface area contributed by atoms with E-state index in [-0.39, 0.29) is 5.56 Å². The minimum Gasteiger partial charge on any atom is -0.295 e. The first kappa shape index (κ1) is 9.06. The molecule has 4 heteroatoms. The van der Waals surface area contributed by atoms with Gasteiger partial charge in [0.2, 0.25) is 0 Å². The fourth-order valence-electron chi connectivity index (χ4n) is 0.778. The van der Waals surface area contributed by atoms with E-state index in [0.717, 1.165) is 0 Å². The Kier molecular flexibility index (Phi) is 3.60. The highest BCUT2D eigenvalue weighted by Gasteiger charge is 1.88. The number of hydrogen-bond acceptors (Lipinski definition) is 3. The normalized spacial score (nSPS) is 10.8. The van der Waals surface area contributed by atoms with E-state index in [4.69, 9.17) is 0 Å². The Morgan fingerprint density at radius 3 is 3.08 bits per heavy atom. The maximum Gasteiger partial charge on any atom is 0.253 e. The van der Waals surface area contributed by atoms with E-state index in [2.05, 4.69) is 17.6 Å². The standard InChI is InChI=1S/C8H10N2OS/c11-8-3-4-9-7-10(8)5-1-2-6-12/h1-4,7,12H,5-6H2/b2-1+. The third-order valence-electron chi connectivity index (χ3n) is 1.37. The predicted octanol–water partition coefficient (Wildman–Crippen LogP) is 0.729. The first-order valence-electron chi connectivity index (χ1n) is 3.61. The van der Waals surface area contributed by atoms with Gasteiger partial charge in [-0.15, -0.1) is 0 Å². The molecule has 0 saturated heterocycles. The van der Waals surface area contributed by atoms with Gasteiger partial charge in [0, 0.05) is 24.6 Å². The lowest BCUT2D eigenvalue weighted by atomic mass is 10.5. The molecule has 0 N–H and O–H groups in total. The number of nitrogens with zero attached hydrogens (tertiary/aromatic N) is 2. The molecule has 0 amide bonds. The second kappa shape index (κ2) is 4.77. The maximum absolute atomic E-state index is 11.1. The summed E-state index contributed by atoms with van der Waals surface area (Å²) in [7, 11) is 0. The lowest BCUT2D eigenvalue weighted by Crippen LogP contribution is -2.17. The zero-order valence-corrected chi connectivity index (χ0v) is 7.45. The second-order valence-electron chi connectivity index (χ2n) is 2.22. The summed E-state index contributed by atoms with van der Waals surface area (Å²) >= 11 is 4.00. The molecular weight excluding hydrogens is 172 g/mol. The van der Waals surface area contributed by atoms with Crippen LogP contribution < -0.4 is 5.56 Å². The molecule has 1 rings (SSSR count). The largest absolute Gasteiger partial charge is 0.295 e. The molecule has 0 radical (unpaired) electrons. The molecule has 12 heavy (non-hydrogen) atoms. The van der Waals surface area contributed by atoms with Crippen molar-refractivity contribution in [1.82, 2.24) is 9.55 Å². The number of hydrogen-bond donors (Lipinski definition) is 1. The van der Waals surface area contributed by atoms with Crippen LogP contribution in [0.1, 0.15) is 0 Å². The van der Waals surface area contributed by atoms with Gasteiger partial charge in [-0.3, -0.25) is 9.36 Å². The molecular formula is C8H10N2OS. The van der Waals surface area contributed by atoms with Crippen LogP contribution >= 0.6 is 12.6 Å². The molecule has 1 aromatic heterocycles. The Bertz CT molecular complexity index is 319. The number of rotatable bonds is 3. The Morgan fingerprint density at radius 1 is 1.58 bits per heavy atom. The van der Waals surface area contributed by atoms with E-state index in [0.29, 0.717) is 12.3 Å². The van der Waals surface area contributed by atoms with Crippen LogP contribution in [-0.2, 0) is 6.54 Å². The smallest absolute Gasteiger partial charge is 0.253 e. The lowest BCUT2D eigenvalue weighted by molar-refractivity contribution is 0.752. The highest BCUT2D eigenvalue weighted by molar-refractivity contribution is 7.80. The Hall–Kier alpha value is -1.03. The molecule has 1 heterocycles. The topological polar surface area (TPSA) is 34.9 Å². The number of allylic oxidation sites excluding steroid dienone is 1. The molecule has 0 aliphatic carbocycles. The number of thiol groups is 1. The van der Waals surface area contributed by atoms with Gasteiger partial charge in [-0.2, -0.15) is 12.6 Å². The van der Waals surface area contributed by atoms with Crippen LogP contribution in [0.2, 0.25) is 0 Å². The van der Waals surface area contributed by atoms with Gasteiger partial charge in [-0.1, -0.05) is 12.2 Å². The highest BCUT2D eigenvalue weighted by atomic mass is 32.1. The summed E-state index contributed by atoms with van der Waals surface area (Å²) in [6.45, 7) is 0.563. The predicted molar refractivity (Wildman–Crippen MR) is 51.5 cm³/mol. The molecule has 0 spiro atoms. The van der Waals surface area contributed by atoms with Crippen molar-refractivity contribution in [2.75, 3.05) is 5.75 Å². The van der Waals surface area contributed by atoms with Crippen LogP contribution in [-0.4, -0.2) is 15.3 Å². The van der Waals surface area contributed by atoms with Crippen LogP contribution in [0.25, 0.3) is 0 Å². The molecule has 3 nitrogen and oxygen atoms in total. The average molecular weight is 182 g/mol. The fourth-order valence-corrected chi connectivity index (χ4v) is 0.927. The van der Waals surface area contributed by atoms with E-state index in [9.17, 15) is 4.79 Å². The monoisotopic (exact) mass is 182 g/mol. The Balaban J connectivity index is 2.70. The van der Waals surface area contributed by atoms with Crippen LogP contribution in [0.15, 0.2) is 35.5 Å². The molecule has 64 valence electrons. The fraction of sp³-hybridized carbons (Fsp3) is 0.250. The van der Waals surface area contributed by atoms with E-state index in [1.54, 1.807) is 0 Å². The van der Waals surface area contributed by atoms with Crippen molar-refractivity contribution >= 4 is 12.6 Å². The van der Waals surface area contributed by atoms with Crippen molar-refractivity contribution in [3.63, 3.8) is 0 Å². The molecule has 0 aliphatic heterocycles. The van der Waals surface area contributed by atoms with Gasteiger partial charge in [0.05, 0.1) is 6.33 Å². The van der Waals surface area contributed by atoms with Crippen LogP contribution in [0.3, 0.4) is 0 Å². The zero-order valence-electron chi connectivity index (χ0n) is 6.55. The number of aromatic nitrogens is 2. The second-order valence-corrected chi connectivity index (χ2v) is 2.59. The molecule has 0 fully saturated rings.